The molecule has 3 nitrogen and oxygen atoms in total. The molecule has 1 N–H and O–H groups in total. The van der Waals surface area contributed by atoms with Crippen LogP contribution in [0.3, 0.4) is 0 Å². The van der Waals surface area contributed by atoms with Crippen molar-refractivity contribution in [3.63, 3.8) is 0 Å². The van der Waals surface area contributed by atoms with Gasteiger partial charge in [-0.05, 0) is 59.7 Å². The zero-order valence-corrected chi connectivity index (χ0v) is 15.7. The number of Topliss-reactive ketones (excluding diaryl/α,β-unsaturated/α-hetero) is 1. The SMILES string of the molecule is O=C1Nc2ccc(C#CCc3ccc(F)cc3)cc2C(=O)C1=Cc1cccc(F)c1. The summed E-state index contributed by atoms with van der Waals surface area (Å²) in [5.74, 6) is 4.25. The molecule has 0 aliphatic carbocycles. The number of hydrogen-bond donors (Lipinski definition) is 1. The average molecular weight is 399 g/mol. The quantitative estimate of drug-likeness (QED) is 0.383. The van der Waals surface area contributed by atoms with Gasteiger partial charge < -0.3 is 5.32 Å². The molecule has 0 bridgehead atoms. The molecular weight excluding hydrogens is 384 g/mol. The van der Waals surface area contributed by atoms with Crippen molar-refractivity contribution in [2.75, 3.05) is 5.32 Å². The van der Waals surface area contributed by atoms with Gasteiger partial charge >= 0.3 is 0 Å². The predicted molar refractivity (Wildman–Crippen MR) is 111 cm³/mol. The van der Waals surface area contributed by atoms with E-state index in [9.17, 15) is 18.4 Å². The average Bonchev–Trinajstić information content (AvgIpc) is 2.73. The molecule has 3 aromatic rings. The molecule has 0 spiro atoms. The van der Waals surface area contributed by atoms with Gasteiger partial charge in [-0.2, -0.15) is 0 Å². The van der Waals surface area contributed by atoms with Crippen molar-refractivity contribution >= 4 is 23.5 Å². The normalized spacial score (nSPS) is 14.0. The van der Waals surface area contributed by atoms with Crippen LogP contribution in [0.4, 0.5) is 14.5 Å². The van der Waals surface area contributed by atoms with Crippen molar-refractivity contribution in [3.05, 3.63) is 106 Å². The first-order valence-electron chi connectivity index (χ1n) is 9.20. The Morgan fingerprint density at radius 3 is 2.47 bits per heavy atom. The van der Waals surface area contributed by atoms with Crippen molar-refractivity contribution in [2.45, 2.75) is 6.42 Å². The Kier molecular flexibility index (Phi) is 5.23. The number of fused-ring (bicyclic) bond motifs is 1. The Hall–Kier alpha value is -4.04. The summed E-state index contributed by atoms with van der Waals surface area (Å²) in [6.07, 6.45) is 1.81. The number of ketones is 1. The molecule has 5 heteroatoms. The number of benzene rings is 3. The van der Waals surface area contributed by atoms with E-state index in [0.717, 1.165) is 5.56 Å². The van der Waals surface area contributed by atoms with Crippen LogP contribution in [0.5, 0.6) is 0 Å². The summed E-state index contributed by atoms with van der Waals surface area (Å²) in [7, 11) is 0. The number of anilines is 1. The summed E-state index contributed by atoms with van der Waals surface area (Å²) in [6, 6.07) is 16.7. The van der Waals surface area contributed by atoms with E-state index in [1.807, 2.05) is 0 Å². The lowest BCUT2D eigenvalue weighted by atomic mass is 9.93. The molecule has 1 amide bonds. The third kappa shape index (κ3) is 4.18. The van der Waals surface area contributed by atoms with Gasteiger partial charge in [-0.3, -0.25) is 9.59 Å². The third-order valence-corrected chi connectivity index (χ3v) is 4.60. The molecular formula is C25H15F2NO2. The highest BCUT2D eigenvalue weighted by Gasteiger charge is 2.28. The van der Waals surface area contributed by atoms with Crippen LogP contribution < -0.4 is 5.32 Å². The number of carbonyl (C=O) groups excluding carboxylic acids is 2. The topological polar surface area (TPSA) is 46.2 Å². The molecule has 30 heavy (non-hydrogen) atoms. The molecule has 0 atom stereocenters. The highest BCUT2D eigenvalue weighted by molar-refractivity contribution is 6.36. The summed E-state index contributed by atoms with van der Waals surface area (Å²) in [5, 5.41) is 2.68. The Morgan fingerprint density at radius 2 is 1.70 bits per heavy atom. The van der Waals surface area contributed by atoms with Gasteiger partial charge in [0.15, 0.2) is 0 Å². The molecule has 0 saturated carbocycles. The fourth-order valence-electron chi connectivity index (χ4n) is 3.10. The minimum absolute atomic E-state index is 0.0653. The fourth-order valence-corrected chi connectivity index (χ4v) is 3.10. The zero-order valence-electron chi connectivity index (χ0n) is 15.7. The van der Waals surface area contributed by atoms with Gasteiger partial charge in [-0.1, -0.05) is 36.1 Å². The van der Waals surface area contributed by atoms with Crippen LogP contribution in [0, 0.1) is 23.5 Å². The minimum Gasteiger partial charge on any atom is -0.321 e. The number of carbonyl (C=O) groups is 2. The van der Waals surface area contributed by atoms with E-state index >= 15 is 0 Å². The summed E-state index contributed by atoms with van der Waals surface area (Å²) >= 11 is 0. The Balaban J connectivity index is 1.60. The molecule has 0 unspecified atom stereocenters. The van der Waals surface area contributed by atoms with Crippen LogP contribution >= 0.6 is 0 Å². The van der Waals surface area contributed by atoms with E-state index in [0.29, 0.717) is 28.8 Å². The van der Waals surface area contributed by atoms with Gasteiger partial charge in [0.2, 0.25) is 5.78 Å². The molecule has 4 rings (SSSR count). The van der Waals surface area contributed by atoms with Crippen LogP contribution in [0.2, 0.25) is 0 Å². The highest BCUT2D eigenvalue weighted by Crippen LogP contribution is 2.27. The van der Waals surface area contributed by atoms with Crippen molar-refractivity contribution in [1.82, 2.24) is 0 Å². The van der Waals surface area contributed by atoms with Gasteiger partial charge in [0.05, 0.1) is 11.3 Å². The van der Waals surface area contributed by atoms with Gasteiger partial charge in [0.1, 0.15) is 11.6 Å². The van der Waals surface area contributed by atoms with Crippen molar-refractivity contribution in [2.24, 2.45) is 0 Å². The van der Waals surface area contributed by atoms with E-state index in [2.05, 4.69) is 17.2 Å². The molecule has 0 fully saturated rings. The summed E-state index contributed by atoms with van der Waals surface area (Å²) in [4.78, 5) is 25.2. The van der Waals surface area contributed by atoms with Gasteiger partial charge in [0, 0.05) is 17.5 Å². The maximum Gasteiger partial charge on any atom is 0.259 e. The number of nitrogens with one attached hydrogen (secondary N) is 1. The number of hydrogen-bond acceptors (Lipinski definition) is 2. The van der Waals surface area contributed by atoms with Crippen LogP contribution in [0.1, 0.15) is 27.0 Å². The van der Waals surface area contributed by atoms with Crippen LogP contribution in [-0.4, -0.2) is 11.7 Å². The maximum absolute atomic E-state index is 13.4. The van der Waals surface area contributed by atoms with Crippen LogP contribution in [-0.2, 0) is 11.2 Å². The van der Waals surface area contributed by atoms with Gasteiger partial charge in [-0.25, -0.2) is 8.78 Å². The Bertz CT molecular complexity index is 1250. The molecule has 0 radical (unpaired) electrons. The van der Waals surface area contributed by atoms with E-state index in [1.165, 1.54) is 36.4 Å². The first-order valence-corrected chi connectivity index (χ1v) is 9.20. The molecule has 3 aromatic carbocycles. The lowest BCUT2D eigenvalue weighted by Gasteiger charge is -2.18. The van der Waals surface area contributed by atoms with Crippen LogP contribution in [0.15, 0.2) is 72.3 Å². The lowest BCUT2D eigenvalue weighted by molar-refractivity contribution is -0.112. The summed E-state index contributed by atoms with van der Waals surface area (Å²) < 4.78 is 26.4. The Labute approximate surface area is 172 Å². The lowest BCUT2D eigenvalue weighted by Crippen LogP contribution is -2.27. The van der Waals surface area contributed by atoms with Crippen molar-refractivity contribution in [1.29, 1.82) is 0 Å². The van der Waals surface area contributed by atoms with E-state index in [1.54, 1.807) is 36.4 Å². The Morgan fingerprint density at radius 1 is 0.900 bits per heavy atom. The fraction of sp³-hybridized carbons (Fsp3) is 0.0400. The van der Waals surface area contributed by atoms with E-state index in [-0.39, 0.29) is 11.4 Å². The number of rotatable bonds is 2. The smallest absolute Gasteiger partial charge is 0.259 e. The molecule has 146 valence electrons. The largest absolute Gasteiger partial charge is 0.321 e. The van der Waals surface area contributed by atoms with Gasteiger partial charge in [-0.15, -0.1) is 0 Å². The second kappa shape index (κ2) is 8.14. The van der Waals surface area contributed by atoms with E-state index in [4.69, 9.17) is 0 Å². The molecule has 1 aliphatic rings. The summed E-state index contributed by atoms with van der Waals surface area (Å²) in [5.41, 5.74) is 2.59. The molecule has 1 heterocycles. The third-order valence-electron chi connectivity index (χ3n) is 4.60. The maximum atomic E-state index is 13.4. The first-order chi connectivity index (χ1) is 14.5. The predicted octanol–water partition coefficient (Wildman–Crippen LogP) is 4.78. The number of halogens is 2. The molecule has 0 saturated heterocycles. The molecule has 0 aromatic heterocycles. The number of amides is 1. The van der Waals surface area contributed by atoms with Gasteiger partial charge in [0.25, 0.3) is 5.91 Å². The minimum atomic E-state index is -0.535. The summed E-state index contributed by atoms with van der Waals surface area (Å²) in [6.45, 7) is 0. The van der Waals surface area contributed by atoms with Crippen molar-refractivity contribution in [3.8, 4) is 11.8 Å². The standard InChI is InChI=1S/C25H15F2NO2/c26-19-10-7-16(8-11-19)3-1-4-17-9-12-23-21(14-17)24(29)22(25(30)28-23)15-18-5-2-6-20(27)13-18/h2,5-15H,3H2,(H,28,30). The van der Waals surface area contributed by atoms with Crippen LogP contribution in [0.25, 0.3) is 6.08 Å². The second-order valence-electron chi connectivity index (χ2n) is 6.76. The second-order valence-corrected chi connectivity index (χ2v) is 6.76. The van der Waals surface area contributed by atoms with Crippen molar-refractivity contribution < 1.29 is 18.4 Å². The zero-order chi connectivity index (χ0) is 21.1. The molecule has 1 aliphatic heterocycles. The monoisotopic (exact) mass is 399 g/mol. The highest BCUT2D eigenvalue weighted by atomic mass is 19.1. The van der Waals surface area contributed by atoms with E-state index < -0.39 is 17.5 Å². The first kappa shape index (κ1) is 19.3.